The Kier molecular flexibility index (Phi) is 8.81. The Hall–Kier alpha value is -2.15. The lowest BCUT2D eigenvalue weighted by molar-refractivity contribution is -0.131. The zero-order valence-electron chi connectivity index (χ0n) is 19.7. The quantitative estimate of drug-likeness (QED) is 0.437. The van der Waals surface area contributed by atoms with Crippen molar-refractivity contribution in [2.24, 2.45) is 4.99 Å². The number of rotatable bonds is 3. The molecule has 34 heavy (non-hydrogen) atoms. The molecule has 3 aliphatic rings. The molecule has 1 aromatic carbocycles. The van der Waals surface area contributed by atoms with E-state index < -0.39 is 5.97 Å². The first-order valence-corrected chi connectivity index (χ1v) is 13.5. The summed E-state index contributed by atoms with van der Waals surface area (Å²) in [4.78, 5) is 16.5. The van der Waals surface area contributed by atoms with Crippen LogP contribution in [0.4, 0.5) is 5.69 Å². The second kappa shape index (κ2) is 12.0. The van der Waals surface area contributed by atoms with Crippen molar-refractivity contribution in [1.82, 2.24) is 5.32 Å². The molecule has 182 valence electrons. The van der Waals surface area contributed by atoms with Crippen molar-refractivity contribution in [3.63, 3.8) is 0 Å². The minimum Gasteiger partial charge on any atom is -0.481 e. The van der Waals surface area contributed by atoms with E-state index in [4.69, 9.17) is 21.4 Å². The highest BCUT2D eigenvalue weighted by Gasteiger charge is 2.24. The number of nitrogens with one attached hydrogen (secondary N) is 1. The number of carboxylic acid groups (broad SMARTS) is 1. The van der Waals surface area contributed by atoms with E-state index in [1.54, 1.807) is 18.2 Å². The van der Waals surface area contributed by atoms with Crippen molar-refractivity contribution < 1.29 is 14.6 Å². The SMILES string of the molecule is C1CCC(NC2CCCCC2)CC1.COC1=Nc2cc(Cl)ccc2/C(=C/C(=O)O)c2sccc21. The van der Waals surface area contributed by atoms with Crippen molar-refractivity contribution in [3.8, 4) is 0 Å². The van der Waals surface area contributed by atoms with Gasteiger partial charge in [0.1, 0.15) is 0 Å². The number of carbonyl (C=O) groups is 1. The van der Waals surface area contributed by atoms with Crippen LogP contribution in [0.25, 0.3) is 5.57 Å². The van der Waals surface area contributed by atoms with E-state index in [2.05, 4.69) is 10.3 Å². The summed E-state index contributed by atoms with van der Waals surface area (Å²) in [5.74, 6) is -0.560. The molecule has 2 heterocycles. The lowest BCUT2D eigenvalue weighted by Gasteiger charge is -2.30. The molecule has 7 heteroatoms. The second-order valence-corrected chi connectivity index (χ2v) is 10.5. The molecule has 0 spiro atoms. The molecular weight excluding hydrogens is 468 g/mol. The van der Waals surface area contributed by atoms with Crippen LogP contribution in [0.2, 0.25) is 5.02 Å². The van der Waals surface area contributed by atoms with Crippen LogP contribution in [0, 0.1) is 0 Å². The smallest absolute Gasteiger partial charge is 0.328 e. The summed E-state index contributed by atoms with van der Waals surface area (Å²) >= 11 is 7.47. The molecule has 0 amide bonds. The Morgan fingerprint density at radius 3 is 2.29 bits per heavy atom. The lowest BCUT2D eigenvalue weighted by Crippen LogP contribution is -2.40. The highest BCUT2D eigenvalue weighted by molar-refractivity contribution is 7.11. The number of nitrogens with zero attached hydrogens (tertiary/aromatic N) is 1. The van der Waals surface area contributed by atoms with Gasteiger partial charge in [0, 0.05) is 39.2 Å². The molecule has 5 rings (SSSR count). The maximum Gasteiger partial charge on any atom is 0.328 e. The molecule has 0 saturated heterocycles. The van der Waals surface area contributed by atoms with Crippen LogP contribution in [0.1, 0.15) is 80.2 Å². The number of ether oxygens (including phenoxy) is 1. The zero-order chi connectivity index (χ0) is 23.9. The van der Waals surface area contributed by atoms with E-state index in [-0.39, 0.29) is 0 Å². The largest absolute Gasteiger partial charge is 0.481 e. The molecule has 1 aliphatic heterocycles. The average molecular weight is 501 g/mol. The number of hydrogen-bond donors (Lipinski definition) is 2. The Morgan fingerprint density at radius 1 is 1.06 bits per heavy atom. The Labute approximate surface area is 210 Å². The Morgan fingerprint density at radius 2 is 1.71 bits per heavy atom. The third-order valence-corrected chi connectivity index (χ3v) is 7.94. The molecular formula is C27H33ClN2O3S. The van der Waals surface area contributed by atoms with Crippen LogP contribution >= 0.6 is 22.9 Å². The molecule has 0 bridgehead atoms. The zero-order valence-corrected chi connectivity index (χ0v) is 21.3. The summed E-state index contributed by atoms with van der Waals surface area (Å²) in [6, 6.07) is 8.80. The summed E-state index contributed by atoms with van der Waals surface area (Å²) in [6.07, 6.45) is 15.8. The van der Waals surface area contributed by atoms with E-state index in [1.165, 1.54) is 88.7 Å². The maximum absolute atomic E-state index is 11.2. The first-order chi connectivity index (χ1) is 16.5. The number of methoxy groups -OCH3 is 1. The third-order valence-electron chi connectivity index (χ3n) is 6.76. The monoisotopic (exact) mass is 500 g/mol. The number of hydrogen-bond acceptors (Lipinski definition) is 5. The highest BCUT2D eigenvalue weighted by atomic mass is 35.5. The van der Waals surface area contributed by atoms with Gasteiger partial charge in [-0.15, -0.1) is 11.3 Å². The summed E-state index contributed by atoms with van der Waals surface area (Å²) in [6.45, 7) is 0. The molecule has 2 saturated carbocycles. The molecule has 0 unspecified atom stereocenters. The minimum atomic E-state index is -1.01. The first-order valence-electron chi connectivity index (χ1n) is 12.3. The Balaban J connectivity index is 0.000000180. The molecule has 5 nitrogen and oxygen atoms in total. The van der Waals surface area contributed by atoms with Crippen molar-refractivity contribution in [3.05, 3.63) is 56.7 Å². The van der Waals surface area contributed by atoms with E-state index >= 15 is 0 Å². The molecule has 2 aliphatic carbocycles. The standard InChI is InChI=1S/C15H10ClNO3S.C12H23N/c1-20-15-10-4-5-21-14(10)11(7-13(18)19)9-3-2-8(16)6-12(9)17-15;1-3-7-11(8-4-1)13-12-9-5-2-6-10-12/h2-7H,1H3,(H,18,19);11-13H,1-10H2/b11-7-;. The third kappa shape index (κ3) is 6.29. The van der Waals surface area contributed by atoms with Crippen LogP contribution < -0.4 is 5.32 Å². The van der Waals surface area contributed by atoms with E-state index in [1.807, 2.05) is 11.4 Å². The van der Waals surface area contributed by atoms with Crippen LogP contribution in [-0.2, 0) is 9.53 Å². The number of fused-ring (bicyclic) bond motifs is 2. The summed E-state index contributed by atoms with van der Waals surface area (Å²) in [5.41, 5.74) is 2.70. The number of thiophene rings is 1. The first kappa shape index (κ1) is 25.0. The van der Waals surface area contributed by atoms with Crippen LogP contribution in [0.15, 0.2) is 40.7 Å². The van der Waals surface area contributed by atoms with E-state index in [0.717, 1.165) is 28.1 Å². The fourth-order valence-corrected chi connectivity index (χ4v) is 6.18. The number of carboxylic acids is 1. The van der Waals surface area contributed by atoms with Gasteiger partial charge >= 0.3 is 5.97 Å². The summed E-state index contributed by atoms with van der Waals surface area (Å²) < 4.78 is 5.34. The van der Waals surface area contributed by atoms with Gasteiger partial charge in [0.2, 0.25) is 5.90 Å². The van der Waals surface area contributed by atoms with Crippen LogP contribution in [0.3, 0.4) is 0 Å². The molecule has 1 aromatic heterocycles. The van der Waals surface area contributed by atoms with Gasteiger partial charge in [0.25, 0.3) is 0 Å². The van der Waals surface area contributed by atoms with E-state index in [0.29, 0.717) is 22.2 Å². The maximum atomic E-state index is 11.2. The van der Waals surface area contributed by atoms with Crippen molar-refractivity contribution in [1.29, 1.82) is 0 Å². The average Bonchev–Trinajstić information content (AvgIpc) is 3.28. The van der Waals surface area contributed by atoms with Crippen LogP contribution in [-0.4, -0.2) is 36.2 Å². The molecule has 2 aromatic rings. The van der Waals surface area contributed by atoms with Crippen LogP contribution in [0.5, 0.6) is 0 Å². The number of benzene rings is 1. The summed E-state index contributed by atoms with van der Waals surface area (Å²) in [5, 5.41) is 15.4. The topological polar surface area (TPSA) is 70.9 Å². The van der Waals surface area contributed by atoms with Crippen molar-refractivity contribution in [2.75, 3.05) is 7.11 Å². The normalized spacial score (nSPS) is 19.8. The number of aliphatic imine (C=N–C) groups is 1. The Bertz CT molecular complexity index is 1030. The minimum absolute atomic E-state index is 0.448. The van der Waals surface area contributed by atoms with Crippen molar-refractivity contribution >= 4 is 46.1 Å². The van der Waals surface area contributed by atoms with E-state index in [9.17, 15) is 4.79 Å². The molecule has 2 N–H and O–H groups in total. The van der Waals surface area contributed by atoms with Gasteiger partial charge in [-0.25, -0.2) is 9.79 Å². The van der Waals surface area contributed by atoms with Gasteiger partial charge in [-0.3, -0.25) is 0 Å². The fraction of sp³-hybridized carbons (Fsp3) is 0.481. The van der Waals surface area contributed by atoms with Gasteiger partial charge in [-0.05, 0) is 49.3 Å². The van der Waals surface area contributed by atoms with Gasteiger partial charge in [0.05, 0.1) is 18.4 Å². The molecule has 0 atom stereocenters. The van der Waals surface area contributed by atoms with Gasteiger partial charge in [0.15, 0.2) is 0 Å². The summed E-state index contributed by atoms with van der Waals surface area (Å²) in [7, 11) is 1.54. The predicted molar refractivity (Wildman–Crippen MR) is 141 cm³/mol. The van der Waals surface area contributed by atoms with Gasteiger partial charge < -0.3 is 15.2 Å². The molecule has 2 fully saturated rings. The lowest BCUT2D eigenvalue weighted by atomic mass is 9.91. The number of aliphatic carboxylic acids is 1. The second-order valence-electron chi connectivity index (χ2n) is 9.18. The van der Waals surface area contributed by atoms with Crippen molar-refractivity contribution in [2.45, 2.75) is 76.3 Å². The predicted octanol–water partition coefficient (Wildman–Crippen LogP) is 7.20. The highest BCUT2D eigenvalue weighted by Crippen LogP contribution is 2.40. The van der Waals surface area contributed by atoms with Gasteiger partial charge in [-0.1, -0.05) is 56.2 Å². The molecule has 0 radical (unpaired) electrons. The number of halogens is 1. The van der Waals surface area contributed by atoms with Gasteiger partial charge in [-0.2, -0.15) is 0 Å². The fourth-order valence-electron chi connectivity index (χ4n) is 5.10.